The SMILES string of the molecule is COCCOC(=O)C1NS(=O)(=O)c2ccccc21. The fraction of sp³-hybridized carbons (Fsp3) is 0.364. The molecule has 0 saturated heterocycles. The predicted molar refractivity (Wildman–Crippen MR) is 62.3 cm³/mol. The highest BCUT2D eigenvalue weighted by Gasteiger charge is 2.38. The predicted octanol–water partition coefficient (Wildman–Crippen LogP) is 0.209. The Bertz CT molecular complexity index is 554. The minimum atomic E-state index is -3.61. The van der Waals surface area contributed by atoms with Gasteiger partial charge in [0.1, 0.15) is 12.6 Å². The van der Waals surface area contributed by atoms with Gasteiger partial charge in [-0.15, -0.1) is 0 Å². The molecule has 1 atom stereocenters. The smallest absolute Gasteiger partial charge is 0.328 e. The maximum absolute atomic E-state index is 11.8. The summed E-state index contributed by atoms with van der Waals surface area (Å²) in [5.74, 6) is -0.624. The molecule has 0 bridgehead atoms. The summed E-state index contributed by atoms with van der Waals surface area (Å²) < 4.78 is 35.5. The van der Waals surface area contributed by atoms with E-state index in [1.165, 1.54) is 13.2 Å². The molecule has 18 heavy (non-hydrogen) atoms. The van der Waals surface area contributed by atoms with Crippen LogP contribution in [0.15, 0.2) is 29.2 Å². The molecule has 0 radical (unpaired) electrons. The van der Waals surface area contributed by atoms with E-state index in [9.17, 15) is 13.2 Å². The lowest BCUT2D eigenvalue weighted by Crippen LogP contribution is -2.28. The highest BCUT2D eigenvalue weighted by molar-refractivity contribution is 7.89. The average Bonchev–Trinajstić information content (AvgIpc) is 2.63. The third-order valence-corrected chi connectivity index (χ3v) is 4.06. The number of nitrogens with one attached hydrogen (secondary N) is 1. The van der Waals surface area contributed by atoms with Gasteiger partial charge in [-0.3, -0.25) is 0 Å². The fourth-order valence-electron chi connectivity index (χ4n) is 1.73. The second-order valence-corrected chi connectivity index (χ2v) is 5.43. The van der Waals surface area contributed by atoms with E-state index in [1.807, 2.05) is 0 Å². The molecular weight excluding hydrogens is 258 g/mol. The van der Waals surface area contributed by atoms with Crippen molar-refractivity contribution in [1.82, 2.24) is 4.72 Å². The van der Waals surface area contributed by atoms with Gasteiger partial charge in [-0.1, -0.05) is 18.2 Å². The molecule has 1 aliphatic rings. The summed E-state index contributed by atoms with van der Waals surface area (Å²) in [6.07, 6.45) is 0. The first-order valence-corrected chi connectivity index (χ1v) is 6.81. The molecule has 0 aromatic heterocycles. The number of methoxy groups -OCH3 is 1. The summed E-state index contributed by atoms with van der Waals surface area (Å²) in [6.45, 7) is 0.364. The van der Waals surface area contributed by atoms with Gasteiger partial charge in [0.25, 0.3) is 0 Å². The highest BCUT2D eigenvalue weighted by atomic mass is 32.2. The van der Waals surface area contributed by atoms with Crippen LogP contribution >= 0.6 is 0 Å². The summed E-state index contributed by atoms with van der Waals surface area (Å²) in [5, 5.41) is 0. The molecule has 7 heteroatoms. The van der Waals surface area contributed by atoms with E-state index in [4.69, 9.17) is 9.47 Å². The van der Waals surface area contributed by atoms with Crippen LogP contribution in [0.2, 0.25) is 0 Å². The lowest BCUT2D eigenvalue weighted by molar-refractivity contribution is -0.147. The molecule has 0 fully saturated rings. The normalized spacial score (nSPS) is 20.4. The van der Waals surface area contributed by atoms with Crippen LogP contribution in [0.4, 0.5) is 0 Å². The number of rotatable bonds is 4. The van der Waals surface area contributed by atoms with Gasteiger partial charge >= 0.3 is 5.97 Å². The van der Waals surface area contributed by atoms with Crippen LogP contribution in [0.1, 0.15) is 11.6 Å². The van der Waals surface area contributed by atoms with E-state index >= 15 is 0 Å². The molecule has 0 aliphatic carbocycles. The van der Waals surface area contributed by atoms with Crippen LogP contribution in [0.3, 0.4) is 0 Å². The Balaban J connectivity index is 2.20. The Labute approximate surface area is 105 Å². The van der Waals surface area contributed by atoms with Gasteiger partial charge in [0, 0.05) is 12.7 Å². The van der Waals surface area contributed by atoms with Crippen molar-refractivity contribution >= 4 is 16.0 Å². The largest absolute Gasteiger partial charge is 0.462 e. The molecular formula is C11H13NO5S. The van der Waals surface area contributed by atoms with Crippen molar-refractivity contribution < 1.29 is 22.7 Å². The molecule has 98 valence electrons. The van der Waals surface area contributed by atoms with Crippen LogP contribution in [-0.4, -0.2) is 34.7 Å². The van der Waals surface area contributed by atoms with Crippen molar-refractivity contribution in [2.24, 2.45) is 0 Å². The Morgan fingerprint density at radius 3 is 2.78 bits per heavy atom. The van der Waals surface area contributed by atoms with Crippen molar-refractivity contribution in [1.29, 1.82) is 0 Å². The van der Waals surface area contributed by atoms with Gasteiger partial charge in [0.05, 0.1) is 11.5 Å². The van der Waals surface area contributed by atoms with Gasteiger partial charge < -0.3 is 9.47 Å². The molecule has 0 spiro atoms. The number of fused-ring (bicyclic) bond motifs is 1. The van der Waals surface area contributed by atoms with E-state index in [0.717, 1.165) is 0 Å². The van der Waals surface area contributed by atoms with E-state index in [2.05, 4.69) is 4.72 Å². The summed E-state index contributed by atoms with van der Waals surface area (Å²) in [4.78, 5) is 11.9. The van der Waals surface area contributed by atoms with Gasteiger partial charge in [0.2, 0.25) is 10.0 Å². The maximum atomic E-state index is 11.8. The Hall–Kier alpha value is -1.44. The van der Waals surface area contributed by atoms with Gasteiger partial charge in [-0.2, -0.15) is 4.72 Å². The maximum Gasteiger partial charge on any atom is 0.328 e. The van der Waals surface area contributed by atoms with Crippen molar-refractivity contribution in [2.75, 3.05) is 20.3 Å². The second kappa shape index (κ2) is 5.05. The van der Waals surface area contributed by atoms with E-state index in [1.54, 1.807) is 18.2 Å². The molecule has 1 N–H and O–H groups in total. The number of hydrogen-bond acceptors (Lipinski definition) is 5. The molecule has 1 aromatic carbocycles. The zero-order valence-corrected chi connectivity index (χ0v) is 10.6. The minimum Gasteiger partial charge on any atom is -0.462 e. The van der Waals surface area contributed by atoms with Crippen LogP contribution in [0, 0.1) is 0 Å². The number of benzene rings is 1. The summed E-state index contributed by atoms with van der Waals surface area (Å²) in [7, 11) is -2.12. The molecule has 1 aliphatic heterocycles. The second-order valence-electron chi connectivity index (χ2n) is 3.75. The number of carbonyl (C=O) groups excluding carboxylic acids is 1. The number of ether oxygens (including phenoxy) is 2. The average molecular weight is 271 g/mol. The Morgan fingerprint density at radius 1 is 1.33 bits per heavy atom. The molecule has 0 saturated carbocycles. The van der Waals surface area contributed by atoms with Crippen LogP contribution in [-0.2, 0) is 24.3 Å². The topological polar surface area (TPSA) is 81.7 Å². The third-order valence-electron chi connectivity index (χ3n) is 2.56. The van der Waals surface area contributed by atoms with Gasteiger partial charge in [-0.25, -0.2) is 13.2 Å². The van der Waals surface area contributed by atoms with Crippen molar-refractivity contribution in [3.05, 3.63) is 29.8 Å². The molecule has 1 heterocycles. The first kappa shape index (κ1) is 13.0. The molecule has 1 unspecified atom stereocenters. The summed E-state index contributed by atoms with van der Waals surface area (Å²) in [5.41, 5.74) is 0.417. The fourth-order valence-corrected chi connectivity index (χ4v) is 3.14. The highest BCUT2D eigenvalue weighted by Crippen LogP contribution is 2.31. The standard InChI is InChI=1S/C11H13NO5S/c1-16-6-7-17-11(13)10-8-4-2-3-5-9(8)18(14,15)12-10/h2-5,10,12H,6-7H2,1H3. The first-order valence-electron chi connectivity index (χ1n) is 5.33. The van der Waals surface area contributed by atoms with Crippen molar-refractivity contribution in [3.8, 4) is 0 Å². The summed E-state index contributed by atoms with van der Waals surface area (Å²) >= 11 is 0. The van der Waals surface area contributed by atoms with E-state index in [0.29, 0.717) is 5.56 Å². The lowest BCUT2D eigenvalue weighted by atomic mass is 10.1. The number of sulfonamides is 1. The zero-order chi connectivity index (χ0) is 13.2. The van der Waals surface area contributed by atoms with E-state index in [-0.39, 0.29) is 18.1 Å². The number of carbonyl (C=O) groups is 1. The quantitative estimate of drug-likeness (QED) is 0.625. The zero-order valence-electron chi connectivity index (χ0n) is 9.75. The van der Waals surface area contributed by atoms with Crippen LogP contribution in [0.25, 0.3) is 0 Å². The lowest BCUT2D eigenvalue weighted by Gasteiger charge is -2.10. The Kier molecular flexibility index (Phi) is 3.65. The van der Waals surface area contributed by atoms with Crippen molar-refractivity contribution in [2.45, 2.75) is 10.9 Å². The van der Waals surface area contributed by atoms with Crippen LogP contribution in [0.5, 0.6) is 0 Å². The summed E-state index contributed by atoms with van der Waals surface area (Å²) in [6, 6.07) is 5.37. The molecule has 6 nitrogen and oxygen atoms in total. The monoisotopic (exact) mass is 271 g/mol. The first-order chi connectivity index (χ1) is 8.56. The molecule has 0 amide bonds. The van der Waals surface area contributed by atoms with Crippen LogP contribution < -0.4 is 4.72 Å². The van der Waals surface area contributed by atoms with Gasteiger partial charge in [0.15, 0.2) is 0 Å². The molecule has 2 rings (SSSR count). The Morgan fingerprint density at radius 2 is 2.06 bits per heavy atom. The number of hydrogen-bond donors (Lipinski definition) is 1. The minimum absolute atomic E-state index is 0.0930. The van der Waals surface area contributed by atoms with E-state index < -0.39 is 22.0 Å². The number of esters is 1. The van der Waals surface area contributed by atoms with Gasteiger partial charge in [-0.05, 0) is 6.07 Å². The third kappa shape index (κ3) is 2.38. The molecule has 1 aromatic rings. The van der Waals surface area contributed by atoms with Crippen molar-refractivity contribution in [3.63, 3.8) is 0 Å².